The maximum atomic E-state index is 12.2. The van der Waals surface area contributed by atoms with Gasteiger partial charge in [0.05, 0.1) is 6.04 Å². The summed E-state index contributed by atoms with van der Waals surface area (Å²) >= 11 is 0. The van der Waals surface area contributed by atoms with Crippen molar-refractivity contribution in [3.05, 3.63) is 0 Å². The van der Waals surface area contributed by atoms with Crippen molar-refractivity contribution in [1.82, 2.24) is 10.2 Å². The Kier molecular flexibility index (Phi) is 4.93. The van der Waals surface area contributed by atoms with E-state index >= 15 is 0 Å². The second-order valence-electron chi connectivity index (χ2n) is 5.07. The normalized spacial score (nSPS) is 22.9. The lowest BCUT2D eigenvalue weighted by atomic mass is 10.0. The number of rotatable bonds is 5. The minimum absolute atomic E-state index is 0.0960. The van der Waals surface area contributed by atoms with Crippen LogP contribution in [-0.4, -0.2) is 41.4 Å². The Morgan fingerprint density at radius 1 is 1.53 bits per heavy atom. The third-order valence-electron chi connectivity index (χ3n) is 3.04. The zero-order valence-corrected chi connectivity index (χ0v) is 10.9. The molecule has 3 N–H and O–H groups in total. The van der Waals surface area contributed by atoms with Crippen LogP contribution in [0.5, 0.6) is 0 Å². The van der Waals surface area contributed by atoms with Gasteiger partial charge in [0.15, 0.2) is 0 Å². The molecule has 1 rings (SSSR count). The molecule has 1 aliphatic heterocycles. The first-order valence-electron chi connectivity index (χ1n) is 6.26. The van der Waals surface area contributed by atoms with Crippen LogP contribution in [0.1, 0.15) is 40.0 Å². The van der Waals surface area contributed by atoms with E-state index in [1.807, 2.05) is 20.8 Å². The Morgan fingerprint density at radius 2 is 2.18 bits per heavy atom. The van der Waals surface area contributed by atoms with Gasteiger partial charge in [-0.1, -0.05) is 13.8 Å². The molecular formula is C12H23N3O2. The van der Waals surface area contributed by atoms with E-state index in [-0.39, 0.29) is 36.4 Å². The number of nitrogens with two attached hydrogens (primary N) is 1. The number of nitrogens with one attached hydrogen (secondary N) is 1. The van der Waals surface area contributed by atoms with E-state index in [1.165, 1.54) is 0 Å². The molecule has 1 heterocycles. The first kappa shape index (κ1) is 14.0. The molecule has 98 valence electrons. The first-order valence-corrected chi connectivity index (χ1v) is 6.26. The number of likely N-dealkylation sites (tertiary alicyclic amines) is 1. The maximum absolute atomic E-state index is 12.2. The van der Waals surface area contributed by atoms with E-state index < -0.39 is 0 Å². The summed E-state index contributed by atoms with van der Waals surface area (Å²) in [7, 11) is 0. The predicted octanol–water partition coefficient (Wildman–Crippen LogP) is 0.239. The number of hydrogen-bond donors (Lipinski definition) is 2. The number of piperidine rings is 1. The van der Waals surface area contributed by atoms with Crippen molar-refractivity contribution in [2.45, 2.75) is 58.2 Å². The molecule has 0 aromatic carbocycles. The van der Waals surface area contributed by atoms with Crippen molar-refractivity contribution in [2.75, 3.05) is 6.54 Å². The van der Waals surface area contributed by atoms with Gasteiger partial charge in [-0.05, 0) is 19.8 Å². The van der Waals surface area contributed by atoms with Crippen molar-refractivity contribution in [1.29, 1.82) is 0 Å². The van der Waals surface area contributed by atoms with E-state index in [0.29, 0.717) is 0 Å². The smallest absolute Gasteiger partial charge is 0.239 e. The van der Waals surface area contributed by atoms with Gasteiger partial charge in [0.25, 0.3) is 0 Å². The van der Waals surface area contributed by atoms with Crippen LogP contribution in [0.2, 0.25) is 0 Å². The minimum atomic E-state index is -0.357. The molecule has 0 radical (unpaired) electrons. The molecule has 0 aliphatic carbocycles. The molecule has 1 aliphatic rings. The molecule has 0 spiro atoms. The van der Waals surface area contributed by atoms with Gasteiger partial charge in [-0.3, -0.25) is 9.59 Å². The summed E-state index contributed by atoms with van der Waals surface area (Å²) in [6, 6.07) is 0.0752. The topological polar surface area (TPSA) is 75.4 Å². The predicted molar refractivity (Wildman–Crippen MR) is 66.3 cm³/mol. The Balaban J connectivity index is 2.61. The molecule has 2 amide bonds. The van der Waals surface area contributed by atoms with Gasteiger partial charge < -0.3 is 16.0 Å². The number of primary amides is 1. The Hall–Kier alpha value is -1.10. The van der Waals surface area contributed by atoms with Crippen LogP contribution in [0.4, 0.5) is 0 Å². The van der Waals surface area contributed by atoms with Gasteiger partial charge in [-0.25, -0.2) is 0 Å². The lowest BCUT2D eigenvalue weighted by Crippen LogP contribution is -2.55. The molecule has 17 heavy (non-hydrogen) atoms. The van der Waals surface area contributed by atoms with Crippen LogP contribution in [0.25, 0.3) is 0 Å². The van der Waals surface area contributed by atoms with Crippen LogP contribution in [0, 0.1) is 0 Å². The highest BCUT2D eigenvalue weighted by atomic mass is 16.2. The molecule has 1 saturated heterocycles. The molecule has 0 bridgehead atoms. The molecule has 5 heteroatoms. The minimum Gasteiger partial charge on any atom is -0.370 e. The van der Waals surface area contributed by atoms with E-state index in [0.717, 1.165) is 19.4 Å². The van der Waals surface area contributed by atoms with Crippen molar-refractivity contribution in [3.8, 4) is 0 Å². The highest BCUT2D eigenvalue weighted by Crippen LogP contribution is 2.16. The van der Waals surface area contributed by atoms with Crippen LogP contribution < -0.4 is 11.1 Å². The summed E-state index contributed by atoms with van der Waals surface area (Å²) in [6.45, 7) is 6.65. The van der Waals surface area contributed by atoms with Gasteiger partial charge in [0.2, 0.25) is 11.8 Å². The monoisotopic (exact) mass is 241 g/mol. The number of hydrogen-bond acceptors (Lipinski definition) is 3. The summed E-state index contributed by atoms with van der Waals surface area (Å²) in [4.78, 5) is 24.9. The van der Waals surface area contributed by atoms with Gasteiger partial charge in [0, 0.05) is 25.0 Å². The van der Waals surface area contributed by atoms with Crippen molar-refractivity contribution in [2.24, 2.45) is 5.73 Å². The number of nitrogens with zero attached hydrogens (tertiary/aromatic N) is 1. The third-order valence-corrected chi connectivity index (χ3v) is 3.04. The zero-order valence-electron chi connectivity index (χ0n) is 10.9. The van der Waals surface area contributed by atoms with E-state index in [4.69, 9.17) is 5.73 Å². The van der Waals surface area contributed by atoms with E-state index in [1.54, 1.807) is 4.90 Å². The fraction of sp³-hybridized carbons (Fsp3) is 0.833. The molecule has 0 aromatic rings. The summed E-state index contributed by atoms with van der Waals surface area (Å²) in [5, 5.41) is 3.26. The number of amides is 2. The van der Waals surface area contributed by atoms with Gasteiger partial charge in [0.1, 0.15) is 0 Å². The molecule has 0 aromatic heterocycles. The fourth-order valence-electron chi connectivity index (χ4n) is 2.30. The maximum Gasteiger partial charge on any atom is 0.239 e. The fourth-order valence-corrected chi connectivity index (χ4v) is 2.30. The molecular weight excluding hydrogens is 218 g/mol. The van der Waals surface area contributed by atoms with Crippen LogP contribution in [0.3, 0.4) is 0 Å². The van der Waals surface area contributed by atoms with Crippen LogP contribution >= 0.6 is 0 Å². The van der Waals surface area contributed by atoms with Gasteiger partial charge in [-0.15, -0.1) is 0 Å². The summed E-state index contributed by atoms with van der Waals surface area (Å²) in [6.07, 6.45) is 2.08. The largest absolute Gasteiger partial charge is 0.370 e. The Bertz CT molecular complexity index is 291. The standard InChI is InChI=1S/C12H23N3O2/c1-8(2)14-10-5-4-6-15(12(10)17)9(3)7-11(13)16/h8-10,14H,4-7H2,1-3H3,(H2,13,16). The average Bonchev–Trinajstić information content (AvgIpc) is 2.19. The lowest BCUT2D eigenvalue weighted by Gasteiger charge is -2.37. The van der Waals surface area contributed by atoms with E-state index in [2.05, 4.69) is 5.32 Å². The van der Waals surface area contributed by atoms with Crippen molar-refractivity contribution < 1.29 is 9.59 Å². The zero-order chi connectivity index (χ0) is 13.0. The van der Waals surface area contributed by atoms with Crippen LogP contribution in [0.15, 0.2) is 0 Å². The Labute approximate surface area is 103 Å². The van der Waals surface area contributed by atoms with Gasteiger partial charge >= 0.3 is 0 Å². The molecule has 1 fully saturated rings. The Morgan fingerprint density at radius 3 is 2.71 bits per heavy atom. The number of carbonyl (C=O) groups excluding carboxylic acids is 2. The van der Waals surface area contributed by atoms with E-state index in [9.17, 15) is 9.59 Å². The van der Waals surface area contributed by atoms with Crippen LogP contribution in [-0.2, 0) is 9.59 Å². The highest BCUT2D eigenvalue weighted by Gasteiger charge is 2.31. The van der Waals surface area contributed by atoms with Gasteiger partial charge in [-0.2, -0.15) is 0 Å². The third kappa shape index (κ3) is 4.00. The second-order valence-corrected chi connectivity index (χ2v) is 5.07. The molecule has 2 atom stereocenters. The quantitative estimate of drug-likeness (QED) is 0.724. The number of carbonyl (C=O) groups is 2. The summed E-state index contributed by atoms with van der Waals surface area (Å²) < 4.78 is 0. The SMILES string of the molecule is CC(C)NC1CCCN(C(C)CC(N)=O)C1=O. The summed E-state index contributed by atoms with van der Waals surface area (Å²) in [5.74, 6) is -0.261. The lowest BCUT2D eigenvalue weighted by molar-refractivity contribution is -0.139. The van der Waals surface area contributed by atoms with Crippen molar-refractivity contribution in [3.63, 3.8) is 0 Å². The second kappa shape index (κ2) is 6.00. The molecule has 5 nitrogen and oxygen atoms in total. The van der Waals surface area contributed by atoms with Crippen molar-refractivity contribution >= 4 is 11.8 Å². The first-order chi connectivity index (χ1) is 7.91. The molecule has 2 unspecified atom stereocenters. The summed E-state index contributed by atoms with van der Waals surface area (Å²) in [5.41, 5.74) is 5.17. The highest BCUT2D eigenvalue weighted by molar-refractivity contribution is 5.84. The average molecular weight is 241 g/mol. The molecule has 0 saturated carbocycles.